The molecular formula is C18H19N3O4. The maximum absolute atomic E-state index is 12.1. The molecular weight excluding hydrogens is 322 g/mol. The van der Waals surface area contributed by atoms with Crippen molar-refractivity contribution >= 4 is 12.0 Å². The molecule has 2 N–H and O–H groups in total. The summed E-state index contributed by atoms with van der Waals surface area (Å²) < 4.78 is 10.3. The highest BCUT2D eigenvalue weighted by atomic mass is 16.5. The number of carbonyl (C=O) groups is 2. The highest BCUT2D eigenvalue weighted by Crippen LogP contribution is 2.26. The maximum Gasteiger partial charge on any atom is 0.407 e. The van der Waals surface area contributed by atoms with Gasteiger partial charge in [-0.15, -0.1) is 0 Å². The van der Waals surface area contributed by atoms with E-state index < -0.39 is 12.1 Å². The van der Waals surface area contributed by atoms with Crippen LogP contribution in [0.15, 0.2) is 48.7 Å². The third kappa shape index (κ3) is 4.26. The summed E-state index contributed by atoms with van der Waals surface area (Å²) in [5.41, 5.74) is 1.71. The average Bonchev–Trinajstić information content (AvgIpc) is 3.01. The second kappa shape index (κ2) is 7.65. The van der Waals surface area contributed by atoms with E-state index in [0.717, 1.165) is 11.1 Å². The molecule has 1 aromatic carbocycles. The van der Waals surface area contributed by atoms with Crippen LogP contribution in [0.5, 0.6) is 5.88 Å². The van der Waals surface area contributed by atoms with Crippen LogP contribution in [0.2, 0.25) is 0 Å². The van der Waals surface area contributed by atoms with Gasteiger partial charge in [0.2, 0.25) is 11.8 Å². The molecule has 3 rings (SSSR count). The lowest BCUT2D eigenvalue weighted by Gasteiger charge is -2.20. The fourth-order valence-electron chi connectivity index (χ4n) is 2.75. The predicted octanol–water partition coefficient (Wildman–Crippen LogP) is 1.95. The Kier molecular flexibility index (Phi) is 5.13. The van der Waals surface area contributed by atoms with Crippen LogP contribution in [-0.4, -0.2) is 30.1 Å². The second-order valence-electron chi connectivity index (χ2n) is 5.69. The number of pyridine rings is 1. The van der Waals surface area contributed by atoms with Crippen molar-refractivity contribution < 1.29 is 19.1 Å². The van der Waals surface area contributed by atoms with Crippen LogP contribution >= 0.6 is 0 Å². The quantitative estimate of drug-likeness (QED) is 0.867. The lowest BCUT2D eigenvalue weighted by Crippen LogP contribution is -2.38. The predicted molar refractivity (Wildman–Crippen MR) is 89.8 cm³/mol. The number of aromatic nitrogens is 1. The molecule has 1 fully saturated rings. The molecule has 7 heteroatoms. The standard InChI is InChI=1S/C18H19N3O4/c1-24-16-9-13(7-8-19-16)17-14(10-15(22)21-17)20-18(23)25-11-12-5-3-2-4-6-12/h2-9,14,17H,10-11H2,1H3,(H,20,23)(H,21,22). The fourth-order valence-corrected chi connectivity index (χ4v) is 2.75. The number of alkyl carbamates (subject to hydrolysis) is 1. The van der Waals surface area contributed by atoms with E-state index in [1.807, 2.05) is 30.3 Å². The van der Waals surface area contributed by atoms with E-state index in [4.69, 9.17) is 9.47 Å². The van der Waals surface area contributed by atoms with Crippen LogP contribution in [-0.2, 0) is 16.1 Å². The van der Waals surface area contributed by atoms with Crippen molar-refractivity contribution in [1.82, 2.24) is 15.6 Å². The summed E-state index contributed by atoms with van der Waals surface area (Å²) in [7, 11) is 1.52. The summed E-state index contributed by atoms with van der Waals surface area (Å²) in [5.74, 6) is 0.318. The van der Waals surface area contributed by atoms with Crippen molar-refractivity contribution in [3.05, 3.63) is 59.8 Å². The molecule has 0 saturated carbocycles. The van der Waals surface area contributed by atoms with Crippen LogP contribution in [0.4, 0.5) is 4.79 Å². The van der Waals surface area contributed by atoms with E-state index in [1.165, 1.54) is 7.11 Å². The molecule has 1 aromatic heterocycles. The molecule has 1 aliphatic heterocycles. The molecule has 0 bridgehead atoms. The number of benzene rings is 1. The van der Waals surface area contributed by atoms with Crippen molar-refractivity contribution in [2.75, 3.05) is 7.11 Å². The second-order valence-corrected chi connectivity index (χ2v) is 5.69. The first-order valence-electron chi connectivity index (χ1n) is 7.92. The van der Waals surface area contributed by atoms with Gasteiger partial charge in [0.15, 0.2) is 0 Å². The Morgan fingerprint density at radius 3 is 2.88 bits per heavy atom. The number of methoxy groups -OCH3 is 1. The van der Waals surface area contributed by atoms with Gasteiger partial charge in [-0.25, -0.2) is 9.78 Å². The number of hydrogen-bond acceptors (Lipinski definition) is 5. The Morgan fingerprint density at radius 2 is 2.12 bits per heavy atom. The van der Waals surface area contributed by atoms with E-state index >= 15 is 0 Å². The van der Waals surface area contributed by atoms with Crippen molar-refractivity contribution in [3.8, 4) is 5.88 Å². The number of carbonyl (C=O) groups excluding carboxylic acids is 2. The number of ether oxygens (including phenoxy) is 2. The zero-order valence-electron chi connectivity index (χ0n) is 13.8. The summed E-state index contributed by atoms with van der Waals surface area (Å²) in [6, 6.07) is 12.2. The highest BCUT2D eigenvalue weighted by Gasteiger charge is 2.35. The monoisotopic (exact) mass is 341 g/mol. The van der Waals surface area contributed by atoms with Crippen molar-refractivity contribution in [2.24, 2.45) is 0 Å². The normalized spacial score (nSPS) is 19.2. The van der Waals surface area contributed by atoms with Crippen LogP contribution in [0.3, 0.4) is 0 Å². The summed E-state index contributed by atoms with van der Waals surface area (Å²) in [4.78, 5) is 27.9. The third-order valence-corrected chi connectivity index (χ3v) is 3.97. The first-order chi connectivity index (χ1) is 12.2. The SMILES string of the molecule is COc1cc(C2NC(=O)CC2NC(=O)OCc2ccccc2)ccn1. The maximum atomic E-state index is 12.1. The Labute approximate surface area is 145 Å². The molecule has 7 nitrogen and oxygen atoms in total. The van der Waals surface area contributed by atoms with Gasteiger partial charge in [-0.1, -0.05) is 30.3 Å². The molecule has 2 unspecified atom stereocenters. The first-order valence-corrected chi connectivity index (χ1v) is 7.92. The van der Waals surface area contributed by atoms with Crippen molar-refractivity contribution in [3.63, 3.8) is 0 Å². The molecule has 2 aromatic rings. The van der Waals surface area contributed by atoms with Gasteiger partial charge in [-0.2, -0.15) is 0 Å². The zero-order valence-corrected chi connectivity index (χ0v) is 13.8. The number of amides is 2. The number of rotatable bonds is 5. The molecule has 0 radical (unpaired) electrons. The molecule has 2 atom stereocenters. The van der Waals surface area contributed by atoms with E-state index in [0.29, 0.717) is 5.88 Å². The van der Waals surface area contributed by atoms with Crippen LogP contribution in [0.1, 0.15) is 23.6 Å². The van der Waals surface area contributed by atoms with Gasteiger partial charge in [0.25, 0.3) is 0 Å². The van der Waals surface area contributed by atoms with Gasteiger partial charge in [-0.05, 0) is 17.2 Å². The minimum Gasteiger partial charge on any atom is -0.481 e. The van der Waals surface area contributed by atoms with E-state index in [-0.39, 0.29) is 25.0 Å². The van der Waals surface area contributed by atoms with Crippen LogP contribution < -0.4 is 15.4 Å². The lowest BCUT2D eigenvalue weighted by atomic mass is 10.0. The van der Waals surface area contributed by atoms with Gasteiger partial charge in [0.1, 0.15) is 6.61 Å². The summed E-state index contributed by atoms with van der Waals surface area (Å²) in [6.07, 6.45) is 1.23. The topological polar surface area (TPSA) is 89.6 Å². The van der Waals surface area contributed by atoms with Gasteiger partial charge in [0, 0.05) is 18.7 Å². The largest absolute Gasteiger partial charge is 0.481 e. The van der Waals surface area contributed by atoms with Gasteiger partial charge < -0.3 is 20.1 Å². The molecule has 0 spiro atoms. The lowest BCUT2D eigenvalue weighted by molar-refractivity contribution is -0.119. The number of nitrogens with one attached hydrogen (secondary N) is 2. The van der Waals surface area contributed by atoms with E-state index in [2.05, 4.69) is 15.6 Å². The molecule has 2 amide bonds. The Hall–Kier alpha value is -3.09. The zero-order chi connectivity index (χ0) is 17.6. The summed E-state index contributed by atoms with van der Waals surface area (Å²) in [5, 5.41) is 5.62. The first kappa shape index (κ1) is 16.8. The fraction of sp³-hybridized carbons (Fsp3) is 0.278. The van der Waals surface area contributed by atoms with Crippen LogP contribution in [0.25, 0.3) is 0 Å². The Morgan fingerprint density at radius 1 is 1.32 bits per heavy atom. The summed E-state index contributed by atoms with van der Waals surface area (Å²) >= 11 is 0. The molecule has 0 aliphatic carbocycles. The smallest absolute Gasteiger partial charge is 0.407 e. The van der Waals surface area contributed by atoms with Gasteiger partial charge >= 0.3 is 6.09 Å². The van der Waals surface area contributed by atoms with Gasteiger partial charge in [-0.3, -0.25) is 4.79 Å². The highest BCUT2D eigenvalue weighted by molar-refractivity contribution is 5.81. The molecule has 1 saturated heterocycles. The Balaban J connectivity index is 1.63. The Bertz CT molecular complexity index is 751. The molecule has 130 valence electrons. The van der Waals surface area contributed by atoms with Gasteiger partial charge in [0.05, 0.1) is 19.2 Å². The van der Waals surface area contributed by atoms with E-state index in [9.17, 15) is 9.59 Å². The average molecular weight is 341 g/mol. The minimum absolute atomic E-state index is 0.130. The molecule has 25 heavy (non-hydrogen) atoms. The van der Waals surface area contributed by atoms with Crippen molar-refractivity contribution in [1.29, 1.82) is 0 Å². The minimum atomic E-state index is -0.559. The van der Waals surface area contributed by atoms with Crippen molar-refractivity contribution in [2.45, 2.75) is 25.1 Å². The summed E-state index contributed by atoms with van der Waals surface area (Å²) in [6.45, 7) is 0.175. The molecule has 2 heterocycles. The number of hydrogen-bond donors (Lipinski definition) is 2. The third-order valence-electron chi connectivity index (χ3n) is 3.97. The van der Waals surface area contributed by atoms with E-state index in [1.54, 1.807) is 18.3 Å². The van der Waals surface area contributed by atoms with Crippen LogP contribution in [0, 0.1) is 0 Å². The number of nitrogens with zero attached hydrogens (tertiary/aromatic N) is 1. The molecule has 1 aliphatic rings.